The highest BCUT2D eigenvalue weighted by atomic mass is 16.5. The molecule has 0 fully saturated rings. The van der Waals surface area contributed by atoms with Gasteiger partial charge in [0.2, 0.25) is 0 Å². The van der Waals surface area contributed by atoms with Gasteiger partial charge in [0.25, 0.3) is 0 Å². The second kappa shape index (κ2) is 9.30. The third-order valence-electron chi connectivity index (χ3n) is 2.65. The summed E-state index contributed by atoms with van der Waals surface area (Å²) in [5.74, 6) is 2.22. The predicted octanol–water partition coefficient (Wildman–Crippen LogP) is 0.543. The standard InChI is InChI=1S/C13H26N6O/c1-11(2)9-20-7-5-6-15-13(14-3)16-8-12-17-10-18-19(12)4/h10-11H,5-9H2,1-4H3,(H2,14,15,16). The van der Waals surface area contributed by atoms with Crippen molar-refractivity contribution in [3.05, 3.63) is 12.2 Å². The zero-order valence-electron chi connectivity index (χ0n) is 12.9. The van der Waals surface area contributed by atoms with Gasteiger partial charge in [0.1, 0.15) is 12.2 Å². The van der Waals surface area contributed by atoms with Crippen LogP contribution in [-0.2, 0) is 18.3 Å². The molecule has 0 bridgehead atoms. The second-order valence-corrected chi connectivity index (χ2v) is 4.97. The summed E-state index contributed by atoms with van der Waals surface area (Å²) in [7, 11) is 3.62. The summed E-state index contributed by atoms with van der Waals surface area (Å²) in [5, 5.41) is 10.5. The molecule has 0 aliphatic heterocycles. The molecule has 0 aliphatic rings. The molecule has 1 aromatic rings. The fourth-order valence-corrected chi connectivity index (χ4v) is 1.56. The van der Waals surface area contributed by atoms with Crippen LogP contribution in [0.3, 0.4) is 0 Å². The molecule has 0 saturated heterocycles. The second-order valence-electron chi connectivity index (χ2n) is 4.97. The lowest BCUT2D eigenvalue weighted by Crippen LogP contribution is -2.38. The number of aliphatic imine (C=N–C) groups is 1. The first kappa shape index (κ1) is 16.4. The highest BCUT2D eigenvalue weighted by molar-refractivity contribution is 5.79. The maximum absolute atomic E-state index is 5.52. The van der Waals surface area contributed by atoms with Crippen molar-refractivity contribution >= 4 is 5.96 Å². The van der Waals surface area contributed by atoms with Crippen LogP contribution in [0.25, 0.3) is 0 Å². The summed E-state index contributed by atoms with van der Waals surface area (Å²) in [4.78, 5) is 8.31. The Morgan fingerprint density at radius 1 is 1.45 bits per heavy atom. The molecule has 0 aromatic carbocycles. The van der Waals surface area contributed by atoms with Crippen molar-refractivity contribution in [2.75, 3.05) is 26.8 Å². The molecule has 2 N–H and O–H groups in total. The van der Waals surface area contributed by atoms with E-state index < -0.39 is 0 Å². The lowest BCUT2D eigenvalue weighted by molar-refractivity contribution is 0.108. The van der Waals surface area contributed by atoms with Gasteiger partial charge < -0.3 is 15.4 Å². The summed E-state index contributed by atoms with van der Waals surface area (Å²) in [6.45, 7) is 7.31. The number of guanidine groups is 1. The SMILES string of the molecule is CN=C(NCCCOCC(C)C)NCc1ncnn1C. The molecule has 1 aromatic heterocycles. The van der Waals surface area contributed by atoms with E-state index in [-0.39, 0.29) is 0 Å². The summed E-state index contributed by atoms with van der Waals surface area (Å²) < 4.78 is 7.26. The van der Waals surface area contributed by atoms with Crippen molar-refractivity contribution in [1.82, 2.24) is 25.4 Å². The zero-order chi connectivity index (χ0) is 14.8. The minimum absolute atomic E-state index is 0.587. The normalized spacial score (nSPS) is 11.9. The Kier molecular flexibility index (Phi) is 7.64. The van der Waals surface area contributed by atoms with E-state index in [1.54, 1.807) is 18.1 Å². The molecule has 7 heteroatoms. The van der Waals surface area contributed by atoms with Crippen molar-refractivity contribution in [3.63, 3.8) is 0 Å². The van der Waals surface area contributed by atoms with Gasteiger partial charge in [0.05, 0.1) is 6.54 Å². The van der Waals surface area contributed by atoms with E-state index in [1.165, 1.54) is 0 Å². The molecule has 0 amide bonds. The Labute approximate surface area is 120 Å². The number of hydrogen-bond donors (Lipinski definition) is 2. The Bertz CT molecular complexity index is 401. The topological polar surface area (TPSA) is 76.4 Å². The van der Waals surface area contributed by atoms with E-state index in [9.17, 15) is 0 Å². The minimum Gasteiger partial charge on any atom is -0.381 e. The largest absolute Gasteiger partial charge is 0.381 e. The number of rotatable bonds is 8. The summed E-state index contributed by atoms with van der Waals surface area (Å²) in [6, 6.07) is 0. The molecule has 1 rings (SSSR count). The molecule has 0 aliphatic carbocycles. The van der Waals surface area contributed by atoms with Crippen molar-refractivity contribution in [1.29, 1.82) is 0 Å². The summed E-state index contributed by atoms with van der Waals surface area (Å²) in [6.07, 6.45) is 2.50. The predicted molar refractivity (Wildman–Crippen MR) is 79.5 cm³/mol. The number of aromatic nitrogens is 3. The minimum atomic E-state index is 0.587. The van der Waals surface area contributed by atoms with Crippen molar-refractivity contribution in [2.45, 2.75) is 26.8 Å². The lowest BCUT2D eigenvalue weighted by Gasteiger charge is -2.12. The van der Waals surface area contributed by atoms with Gasteiger partial charge in [-0.05, 0) is 12.3 Å². The van der Waals surface area contributed by atoms with Gasteiger partial charge in [-0.1, -0.05) is 13.8 Å². The smallest absolute Gasteiger partial charge is 0.191 e. The summed E-state index contributed by atoms with van der Waals surface area (Å²) >= 11 is 0. The van der Waals surface area contributed by atoms with Gasteiger partial charge in [-0.2, -0.15) is 5.10 Å². The number of aryl methyl sites for hydroxylation is 1. The van der Waals surface area contributed by atoms with Crippen molar-refractivity contribution in [2.24, 2.45) is 18.0 Å². The van der Waals surface area contributed by atoms with Crippen molar-refractivity contribution in [3.8, 4) is 0 Å². The van der Waals surface area contributed by atoms with Gasteiger partial charge in [0.15, 0.2) is 5.96 Å². The number of ether oxygens (including phenoxy) is 1. The summed E-state index contributed by atoms with van der Waals surface area (Å²) in [5.41, 5.74) is 0. The molecule has 0 spiro atoms. The van der Waals surface area contributed by atoms with Crippen LogP contribution >= 0.6 is 0 Å². The highest BCUT2D eigenvalue weighted by Gasteiger charge is 2.02. The monoisotopic (exact) mass is 282 g/mol. The van der Waals surface area contributed by atoms with Crippen LogP contribution in [0.2, 0.25) is 0 Å². The molecule has 114 valence electrons. The van der Waals surface area contributed by atoms with E-state index in [2.05, 4.69) is 39.6 Å². The fraction of sp³-hybridized carbons (Fsp3) is 0.769. The van der Waals surface area contributed by atoms with Crippen LogP contribution in [0.4, 0.5) is 0 Å². The maximum Gasteiger partial charge on any atom is 0.191 e. The number of nitrogens with zero attached hydrogens (tertiary/aromatic N) is 4. The van der Waals surface area contributed by atoms with Gasteiger partial charge in [-0.25, -0.2) is 4.98 Å². The Morgan fingerprint density at radius 2 is 2.25 bits per heavy atom. The molecule has 0 radical (unpaired) electrons. The molecule has 0 atom stereocenters. The van der Waals surface area contributed by atoms with E-state index in [0.717, 1.165) is 38.0 Å². The molecule has 0 saturated carbocycles. The van der Waals surface area contributed by atoms with Crippen LogP contribution in [0, 0.1) is 5.92 Å². The fourth-order valence-electron chi connectivity index (χ4n) is 1.56. The quantitative estimate of drug-likeness (QED) is 0.413. The van der Waals surface area contributed by atoms with E-state index in [1.807, 2.05) is 7.05 Å². The van der Waals surface area contributed by atoms with Gasteiger partial charge in [-0.15, -0.1) is 0 Å². The Hall–Kier alpha value is -1.63. The van der Waals surface area contributed by atoms with Crippen LogP contribution < -0.4 is 10.6 Å². The zero-order valence-corrected chi connectivity index (χ0v) is 12.9. The third-order valence-corrected chi connectivity index (χ3v) is 2.65. The molecule has 1 heterocycles. The van der Waals surface area contributed by atoms with Gasteiger partial charge in [0, 0.05) is 33.9 Å². The Balaban J connectivity index is 2.13. The molecule has 7 nitrogen and oxygen atoms in total. The van der Waals surface area contributed by atoms with Crippen LogP contribution in [0.15, 0.2) is 11.3 Å². The van der Waals surface area contributed by atoms with E-state index >= 15 is 0 Å². The molecule has 0 unspecified atom stereocenters. The van der Waals surface area contributed by atoms with Crippen LogP contribution in [-0.4, -0.2) is 47.5 Å². The average Bonchev–Trinajstić information content (AvgIpc) is 2.82. The van der Waals surface area contributed by atoms with E-state index in [0.29, 0.717) is 12.5 Å². The molecule has 20 heavy (non-hydrogen) atoms. The van der Waals surface area contributed by atoms with Gasteiger partial charge >= 0.3 is 0 Å². The first-order chi connectivity index (χ1) is 9.63. The average molecular weight is 282 g/mol. The number of hydrogen-bond acceptors (Lipinski definition) is 4. The van der Waals surface area contributed by atoms with Crippen LogP contribution in [0.5, 0.6) is 0 Å². The highest BCUT2D eigenvalue weighted by Crippen LogP contribution is 1.93. The Morgan fingerprint density at radius 3 is 2.85 bits per heavy atom. The first-order valence-corrected chi connectivity index (χ1v) is 6.98. The number of nitrogens with one attached hydrogen (secondary N) is 2. The third kappa shape index (κ3) is 6.51. The molecular weight excluding hydrogens is 256 g/mol. The van der Waals surface area contributed by atoms with Crippen molar-refractivity contribution < 1.29 is 4.74 Å². The van der Waals surface area contributed by atoms with Crippen LogP contribution in [0.1, 0.15) is 26.1 Å². The maximum atomic E-state index is 5.52. The molecular formula is C13H26N6O. The van der Waals surface area contributed by atoms with Gasteiger partial charge in [-0.3, -0.25) is 9.67 Å². The van der Waals surface area contributed by atoms with E-state index in [4.69, 9.17) is 4.74 Å². The lowest BCUT2D eigenvalue weighted by atomic mass is 10.2. The first-order valence-electron chi connectivity index (χ1n) is 6.98.